The van der Waals surface area contributed by atoms with Crippen molar-refractivity contribution in [3.63, 3.8) is 0 Å². The van der Waals surface area contributed by atoms with Crippen LogP contribution in [-0.2, 0) is 4.79 Å². The standard InChI is InChI=1S/C9H13N3O/c1-6(10)8-3-4-9(11-5-8)12-7(2)13/h3-6H,10H2,1-2H3,(H,11,12,13)/t6-/m1/s1. The molecule has 0 fully saturated rings. The molecule has 0 saturated carbocycles. The van der Waals surface area contributed by atoms with Gasteiger partial charge in [-0.3, -0.25) is 4.79 Å². The number of carbonyl (C=O) groups excluding carboxylic acids is 1. The van der Waals surface area contributed by atoms with Crippen molar-refractivity contribution in [3.05, 3.63) is 23.9 Å². The van der Waals surface area contributed by atoms with Crippen molar-refractivity contribution >= 4 is 11.7 Å². The zero-order chi connectivity index (χ0) is 9.84. The van der Waals surface area contributed by atoms with Gasteiger partial charge in [0.15, 0.2) is 0 Å². The summed E-state index contributed by atoms with van der Waals surface area (Å²) in [7, 11) is 0. The minimum absolute atomic E-state index is 0.0288. The summed E-state index contributed by atoms with van der Waals surface area (Å²) in [5.41, 5.74) is 6.59. The van der Waals surface area contributed by atoms with Gasteiger partial charge in [-0.1, -0.05) is 6.07 Å². The van der Waals surface area contributed by atoms with Crippen LogP contribution in [0.5, 0.6) is 0 Å². The highest BCUT2D eigenvalue weighted by Crippen LogP contribution is 2.10. The van der Waals surface area contributed by atoms with E-state index in [4.69, 9.17) is 5.73 Å². The van der Waals surface area contributed by atoms with Crippen molar-refractivity contribution < 1.29 is 4.79 Å². The van der Waals surface area contributed by atoms with Gasteiger partial charge in [-0.15, -0.1) is 0 Å². The number of amides is 1. The molecule has 1 rings (SSSR count). The van der Waals surface area contributed by atoms with E-state index in [2.05, 4.69) is 10.3 Å². The number of hydrogen-bond acceptors (Lipinski definition) is 3. The summed E-state index contributed by atoms with van der Waals surface area (Å²) in [5, 5.41) is 2.58. The Morgan fingerprint density at radius 2 is 2.31 bits per heavy atom. The third-order valence-corrected chi connectivity index (χ3v) is 1.62. The van der Waals surface area contributed by atoms with Crippen molar-refractivity contribution in [3.8, 4) is 0 Å². The van der Waals surface area contributed by atoms with E-state index in [0.29, 0.717) is 5.82 Å². The molecule has 0 spiro atoms. The van der Waals surface area contributed by atoms with Crippen LogP contribution in [0.4, 0.5) is 5.82 Å². The van der Waals surface area contributed by atoms with Crippen LogP contribution in [0.15, 0.2) is 18.3 Å². The molecule has 0 aliphatic carbocycles. The molecule has 70 valence electrons. The summed E-state index contributed by atoms with van der Waals surface area (Å²) >= 11 is 0. The zero-order valence-corrected chi connectivity index (χ0v) is 7.74. The van der Waals surface area contributed by atoms with E-state index in [-0.39, 0.29) is 11.9 Å². The van der Waals surface area contributed by atoms with Gasteiger partial charge in [-0.25, -0.2) is 4.98 Å². The number of anilines is 1. The number of nitrogens with two attached hydrogens (primary N) is 1. The second-order valence-corrected chi connectivity index (χ2v) is 2.95. The smallest absolute Gasteiger partial charge is 0.222 e. The lowest BCUT2D eigenvalue weighted by Crippen LogP contribution is -2.09. The summed E-state index contributed by atoms with van der Waals surface area (Å²) in [4.78, 5) is 14.7. The van der Waals surface area contributed by atoms with Gasteiger partial charge in [0.25, 0.3) is 0 Å². The molecule has 13 heavy (non-hydrogen) atoms. The predicted octanol–water partition coefficient (Wildman–Crippen LogP) is 1.06. The summed E-state index contributed by atoms with van der Waals surface area (Å²) in [5.74, 6) is 0.429. The fraction of sp³-hybridized carbons (Fsp3) is 0.333. The predicted molar refractivity (Wildman–Crippen MR) is 51.1 cm³/mol. The molecule has 1 atom stereocenters. The van der Waals surface area contributed by atoms with Crippen molar-refractivity contribution in [2.45, 2.75) is 19.9 Å². The summed E-state index contributed by atoms with van der Waals surface area (Å²) in [6.45, 7) is 3.33. The van der Waals surface area contributed by atoms with E-state index in [1.165, 1.54) is 6.92 Å². The van der Waals surface area contributed by atoms with Crippen molar-refractivity contribution in [1.29, 1.82) is 0 Å². The second kappa shape index (κ2) is 4.00. The molecule has 1 aromatic rings. The first-order valence-corrected chi connectivity index (χ1v) is 4.08. The number of nitrogens with one attached hydrogen (secondary N) is 1. The monoisotopic (exact) mass is 179 g/mol. The van der Waals surface area contributed by atoms with E-state index >= 15 is 0 Å². The van der Waals surface area contributed by atoms with Gasteiger partial charge in [0.1, 0.15) is 5.82 Å². The Balaban J connectivity index is 2.75. The third-order valence-electron chi connectivity index (χ3n) is 1.62. The molecule has 0 radical (unpaired) electrons. The summed E-state index contributed by atoms with van der Waals surface area (Å²) < 4.78 is 0. The Hall–Kier alpha value is -1.42. The topological polar surface area (TPSA) is 68.0 Å². The van der Waals surface area contributed by atoms with Crippen LogP contribution < -0.4 is 11.1 Å². The van der Waals surface area contributed by atoms with Crippen LogP contribution in [0.2, 0.25) is 0 Å². The number of nitrogens with zero attached hydrogens (tertiary/aromatic N) is 1. The van der Waals surface area contributed by atoms with E-state index in [1.54, 1.807) is 12.3 Å². The average Bonchev–Trinajstić information content (AvgIpc) is 2.04. The van der Waals surface area contributed by atoms with Crippen LogP contribution >= 0.6 is 0 Å². The zero-order valence-electron chi connectivity index (χ0n) is 7.74. The van der Waals surface area contributed by atoms with Gasteiger partial charge in [-0.05, 0) is 18.6 Å². The minimum atomic E-state index is -0.124. The summed E-state index contributed by atoms with van der Waals surface area (Å²) in [6, 6.07) is 3.56. The molecule has 0 unspecified atom stereocenters. The fourth-order valence-electron chi connectivity index (χ4n) is 0.929. The number of hydrogen-bond donors (Lipinski definition) is 2. The minimum Gasteiger partial charge on any atom is -0.324 e. The molecule has 1 amide bonds. The Morgan fingerprint density at radius 3 is 2.69 bits per heavy atom. The molecular weight excluding hydrogens is 166 g/mol. The van der Waals surface area contributed by atoms with Crippen LogP contribution in [0, 0.1) is 0 Å². The maximum Gasteiger partial charge on any atom is 0.222 e. The highest BCUT2D eigenvalue weighted by molar-refractivity contribution is 5.87. The van der Waals surface area contributed by atoms with E-state index in [9.17, 15) is 4.79 Å². The van der Waals surface area contributed by atoms with Crippen LogP contribution in [0.3, 0.4) is 0 Å². The average molecular weight is 179 g/mol. The number of aromatic nitrogens is 1. The van der Waals surface area contributed by atoms with Gasteiger partial charge in [0, 0.05) is 19.2 Å². The first-order chi connectivity index (χ1) is 6.09. The molecule has 4 heteroatoms. The molecule has 0 saturated heterocycles. The van der Waals surface area contributed by atoms with Crippen molar-refractivity contribution in [2.24, 2.45) is 5.73 Å². The van der Waals surface area contributed by atoms with Gasteiger partial charge >= 0.3 is 0 Å². The lowest BCUT2D eigenvalue weighted by Gasteiger charge is -2.05. The van der Waals surface area contributed by atoms with Gasteiger partial charge in [0.2, 0.25) is 5.91 Å². The quantitative estimate of drug-likeness (QED) is 0.713. The molecule has 1 heterocycles. The fourth-order valence-corrected chi connectivity index (χ4v) is 0.929. The molecule has 0 bridgehead atoms. The molecule has 1 aromatic heterocycles. The van der Waals surface area contributed by atoms with E-state index in [0.717, 1.165) is 5.56 Å². The van der Waals surface area contributed by atoms with Crippen LogP contribution in [-0.4, -0.2) is 10.9 Å². The lowest BCUT2D eigenvalue weighted by molar-refractivity contribution is -0.114. The highest BCUT2D eigenvalue weighted by Gasteiger charge is 2.00. The molecule has 0 aromatic carbocycles. The van der Waals surface area contributed by atoms with Gasteiger partial charge < -0.3 is 11.1 Å². The highest BCUT2D eigenvalue weighted by atomic mass is 16.1. The van der Waals surface area contributed by atoms with Crippen LogP contribution in [0.1, 0.15) is 25.5 Å². The normalized spacial score (nSPS) is 12.2. The van der Waals surface area contributed by atoms with Gasteiger partial charge in [0.05, 0.1) is 0 Å². The molecule has 4 nitrogen and oxygen atoms in total. The molecule has 0 aliphatic heterocycles. The molecule has 3 N–H and O–H groups in total. The largest absolute Gasteiger partial charge is 0.324 e. The molecular formula is C9H13N3O. The lowest BCUT2D eigenvalue weighted by atomic mass is 10.2. The van der Waals surface area contributed by atoms with E-state index in [1.807, 2.05) is 13.0 Å². The van der Waals surface area contributed by atoms with Crippen LogP contribution in [0.25, 0.3) is 0 Å². The first-order valence-electron chi connectivity index (χ1n) is 4.08. The van der Waals surface area contributed by atoms with Crippen molar-refractivity contribution in [2.75, 3.05) is 5.32 Å². The maximum absolute atomic E-state index is 10.7. The molecule has 0 aliphatic rings. The number of carbonyl (C=O) groups is 1. The Kier molecular flexibility index (Phi) is 2.97. The van der Waals surface area contributed by atoms with Crippen molar-refractivity contribution in [1.82, 2.24) is 4.98 Å². The second-order valence-electron chi connectivity index (χ2n) is 2.95. The third kappa shape index (κ3) is 2.83. The SMILES string of the molecule is CC(=O)Nc1ccc([C@@H](C)N)cn1. The number of pyridine rings is 1. The Labute approximate surface area is 77.2 Å². The summed E-state index contributed by atoms with van der Waals surface area (Å²) in [6.07, 6.45) is 1.66. The number of rotatable bonds is 2. The van der Waals surface area contributed by atoms with Gasteiger partial charge in [-0.2, -0.15) is 0 Å². The first kappa shape index (κ1) is 9.67. The maximum atomic E-state index is 10.7. The van der Waals surface area contributed by atoms with E-state index < -0.39 is 0 Å². The Morgan fingerprint density at radius 1 is 1.62 bits per heavy atom. The Bertz CT molecular complexity index is 292.